The Kier molecular flexibility index (Phi) is 3.51. The van der Waals surface area contributed by atoms with Gasteiger partial charge in [0.05, 0.1) is 0 Å². The van der Waals surface area contributed by atoms with E-state index in [1.54, 1.807) is 0 Å². The van der Waals surface area contributed by atoms with Crippen LogP contribution in [0.2, 0.25) is 0 Å². The van der Waals surface area contributed by atoms with E-state index in [4.69, 9.17) is 5.11 Å². The van der Waals surface area contributed by atoms with Gasteiger partial charge in [0.15, 0.2) is 5.76 Å². The zero-order chi connectivity index (χ0) is 7.28. The maximum absolute atomic E-state index is 10.5. The van der Waals surface area contributed by atoms with Gasteiger partial charge in [-0.2, -0.15) is 0 Å². The van der Waals surface area contributed by atoms with Crippen LogP contribution in [0.3, 0.4) is 0 Å². The first kappa shape index (κ1) is 8.01. The van der Waals surface area contributed by atoms with Crippen molar-refractivity contribution in [2.24, 2.45) is 0 Å². The summed E-state index contributed by atoms with van der Waals surface area (Å²) in [7, 11) is 1.47. The van der Waals surface area contributed by atoms with Crippen LogP contribution in [0.4, 0.5) is 0 Å². The van der Waals surface area contributed by atoms with E-state index in [0.29, 0.717) is 6.42 Å². The van der Waals surface area contributed by atoms with Crippen molar-refractivity contribution in [3.8, 4) is 0 Å². The Morgan fingerprint density at radius 2 is 2.33 bits per heavy atom. The lowest BCUT2D eigenvalue weighted by atomic mass is 10.3. The molecule has 0 saturated heterocycles. The molecule has 0 fully saturated rings. The summed E-state index contributed by atoms with van der Waals surface area (Å²) in [5.74, 6) is -0.642. The quantitative estimate of drug-likeness (QED) is 0.423. The smallest absolute Gasteiger partial charge is 0.285 e. The van der Waals surface area contributed by atoms with Crippen molar-refractivity contribution in [1.82, 2.24) is 5.32 Å². The lowest BCUT2D eigenvalue weighted by Gasteiger charge is -1.94. The molecule has 1 amide bonds. The van der Waals surface area contributed by atoms with Gasteiger partial charge < -0.3 is 10.4 Å². The van der Waals surface area contributed by atoms with Crippen LogP contribution >= 0.6 is 0 Å². The van der Waals surface area contributed by atoms with Crippen LogP contribution in [-0.2, 0) is 4.79 Å². The van der Waals surface area contributed by atoms with Crippen LogP contribution in [-0.4, -0.2) is 18.1 Å². The van der Waals surface area contributed by atoms with Crippen LogP contribution in [0, 0.1) is 0 Å². The second kappa shape index (κ2) is 3.95. The summed E-state index contributed by atoms with van der Waals surface area (Å²) in [5.41, 5.74) is 0. The number of hydrogen-bond donors (Lipinski definition) is 2. The molecule has 0 aromatic rings. The first-order valence-corrected chi connectivity index (χ1v) is 2.83. The van der Waals surface area contributed by atoms with Crippen LogP contribution in [0.15, 0.2) is 11.8 Å². The maximum atomic E-state index is 10.5. The molecule has 0 rings (SSSR count). The minimum absolute atomic E-state index is 0.208. The molecule has 52 valence electrons. The summed E-state index contributed by atoms with van der Waals surface area (Å²) in [6.07, 6.45) is 2.12. The van der Waals surface area contributed by atoms with Gasteiger partial charge in [-0.25, -0.2) is 0 Å². The second-order valence-electron chi connectivity index (χ2n) is 1.58. The van der Waals surface area contributed by atoms with Crippen molar-refractivity contribution in [2.45, 2.75) is 13.3 Å². The number of hydrogen-bond acceptors (Lipinski definition) is 2. The molecule has 0 aromatic heterocycles. The molecule has 0 aliphatic rings. The first-order chi connectivity index (χ1) is 4.22. The van der Waals surface area contributed by atoms with Crippen molar-refractivity contribution < 1.29 is 9.90 Å². The number of carbonyl (C=O) groups is 1. The van der Waals surface area contributed by atoms with Gasteiger partial charge in [-0.05, 0) is 12.5 Å². The molecule has 3 nitrogen and oxygen atoms in total. The molecule has 0 aromatic carbocycles. The minimum atomic E-state index is -0.433. The maximum Gasteiger partial charge on any atom is 0.285 e. The lowest BCUT2D eigenvalue weighted by molar-refractivity contribution is -0.119. The number of aliphatic hydroxyl groups is 1. The van der Waals surface area contributed by atoms with E-state index in [0.717, 1.165) is 0 Å². The third-order valence-electron chi connectivity index (χ3n) is 0.857. The van der Waals surface area contributed by atoms with Gasteiger partial charge in [0.1, 0.15) is 0 Å². The number of nitrogens with one attached hydrogen (secondary N) is 1. The van der Waals surface area contributed by atoms with Gasteiger partial charge in [-0.15, -0.1) is 0 Å². The van der Waals surface area contributed by atoms with E-state index in [9.17, 15) is 4.79 Å². The summed E-state index contributed by atoms with van der Waals surface area (Å²) >= 11 is 0. The van der Waals surface area contributed by atoms with E-state index in [2.05, 4.69) is 5.32 Å². The Hall–Kier alpha value is -0.990. The van der Waals surface area contributed by atoms with Gasteiger partial charge in [-0.3, -0.25) is 4.79 Å². The molecule has 0 unspecified atom stereocenters. The van der Waals surface area contributed by atoms with Gasteiger partial charge in [0.2, 0.25) is 0 Å². The average Bonchev–Trinajstić information content (AvgIpc) is 1.87. The number of amides is 1. The van der Waals surface area contributed by atoms with E-state index < -0.39 is 5.91 Å². The Labute approximate surface area is 54.4 Å². The molecule has 0 saturated carbocycles. The average molecular weight is 129 g/mol. The molecule has 0 atom stereocenters. The van der Waals surface area contributed by atoms with Gasteiger partial charge >= 0.3 is 0 Å². The summed E-state index contributed by atoms with van der Waals surface area (Å²) in [6, 6.07) is 0. The molecule has 9 heavy (non-hydrogen) atoms. The van der Waals surface area contributed by atoms with Crippen LogP contribution in [0.5, 0.6) is 0 Å². The molecule has 2 N–H and O–H groups in total. The zero-order valence-electron chi connectivity index (χ0n) is 5.64. The van der Waals surface area contributed by atoms with Crippen molar-refractivity contribution in [3.05, 3.63) is 11.8 Å². The number of rotatable bonds is 2. The van der Waals surface area contributed by atoms with Gasteiger partial charge in [0.25, 0.3) is 5.91 Å². The fourth-order valence-electron chi connectivity index (χ4n) is 0.414. The number of carbonyl (C=O) groups excluding carboxylic acids is 1. The highest BCUT2D eigenvalue weighted by molar-refractivity contribution is 5.90. The molecule has 3 heteroatoms. The highest BCUT2D eigenvalue weighted by Crippen LogP contribution is 1.89. The third kappa shape index (κ3) is 2.74. The summed E-state index contributed by atoms with van der Waals surface area (Å²) < 4.78 is 0. The second-order valence-corrected chi connectivity index (χ2v) is 1.58. The topological polar surface area (TPSA) is 49.3 Å². The first-order valence-electron chi connectivity index (χ1n) is 2.83. The molecular weight excluding hydrogens is 118 g/mol. The number of aliphatic hydroxyl groups excluding tert-OH is 1. The van der Waals surface area contributed by atoms with Crippen molar-refractivity contribution >= 4 is 5.91 Å². The number of likely N-dealkylation sites (N-methyl/N-ethyl adjacent to an activating group) is 1. The monoisotopic (exact) mass is 129 g/mol. The van der Waals surface area contributed by atoms with Crippen LogP contribution < -0.4 is 5.32 Å². The van der Waals surface area contributed by atoms with Crippen molar-refractivity contribution in [1.29, 1.82) is 0 Å². The molecular formula is C6H11NO2. The Bertz CT molecular complexity index is 129. The Morgan fingerprint density at radius 3 is 2.67 bits per heavy atom. The van der Waals surface area contributed by atoms with E-state index in [1.807, 2.05) is 6.92 Å². The fraction of sp³-hybridized carbons (Fsp3) is 0.500. The summed E-state index contributed by atoms with van der Waals surface area (Å²) in [6.45, 7) is 1.85. The normalized spacial score (nSPS) is 11.1. The minimum Gasteiger partial charge on any atom is -0.503 e. The molecule has 0 radical (unpaired) electrons. The predicted octanol–water partition coefficient (Wildman–Crippen LogP) is 0.584. The Morgan fingerprint density at radius 1 is 1.78 bits per heavy atom. The molecule has 0 aliphatic heterocycles. The molecule has 0 heterocycles. The van der Waals surface area contributed by atoms with Crippen molar-refractivity contribution in [2.75, 3.05) is 7.05 Å². The highest BCUT2D eigenvalue weighted by atomic mass is 16.3. The Balaban J connectivity index is 3.86. The highest BCUT2D eigenvalue weighted by Gasteiger charge is 2.00. The van der Waals surface area contributed by atoms with Crippen molar-refractivity contribution in [3.63, 3.8) is 0 Å². The van der Waals surface area contributed by atoms with Crippen LogP contribution in [0.25, 0.3) is 0 Å². The summed E-state index contributed by atoms with van der Waals surface area (Å²) in [5, 5.41) is 11.1. The van der Waals surface area contributed by atoms with E-state index in [1.165, 1.54) is 13.1 Å². The van der Waals surface area contributed by atoms with E-state index in [-0.39, 0.29) is 5.76 Å². The SMILES string of the molecule is CC/C=C(\O)C(=O)NC. The fourth-order valence-corrected chi connectivity index (χ4v) is 0.414. The molecule has 0 aliphatic carbocycles. The van der Waals surface area contributed by atoms with E-state index >= 15 is 0 Å². The predicted molar refractivity (Wildman–Crippen MR) is 35.1 cm³/mol. The molecule has 0 spiro atoms. The summed E-state index contributed by atoms with van der Waals surface area (Å²) in [4.78, 5) is 10.5. The van der Waals surface area contributed by atoms with Gasteiger partial charge in [-0.1, -0.05) is 6.92 Å². The third-order valence-corrected chi connectivity index (χ3v) is 0.857. The molecule has 0 bridgehead atoms. The van der Waals surface area contributed by atoms with Gasteiger partial charge in [0, 0.05) is 7.05 Å². The number of allylic oxidation sites excluding steroid dienone is 1. The lowest BCUT2D eigenvalue weighted by Crippen LogP contribution is -2.19. The largest absolute Gasteiger partial charge is 0.503 e. The zero-order valence-corrected chi connectivity index (χ0v) is 5.64. The standard InChI is InChI=1S/C6H11NO2/c1-3-4-5(8)6(9)7-2/h4,8H,3H2,1-2H3,(H,7,9)/b5-4-. The van der Waals surface area contributed by atoms with Crippen LogP contribution in [0.1, 0.15) is 13.3 Å².